The van der Waals surface area contributed by atoms with Gasteiger partial charge in [0.2, 0.25) is 0 Å². The number of fused-ring (bicyclic) bond motifs is 2. The van der Waals surface area contributed by atoms with Crippen molar-refractivity contribution >= 4 is 28.5 Å². The number of carbonyl (C=O) groups is 2. The first-order chi connectivity index (χ1) is 11.8. The van der Waals surface area contributed by atoms with Gasteiger partial charge in [-0.3, -0.25) is 14.7 Å². The fourth-order valence-corrected chi connectivity index (χ4v) is 4.01. The zero-order chi connectivity index (χ0) is 17.9. The van der Waals surface area contributed by atoms with Crippen LogP contribution in [-0.2, 0) is 11.2 Å². The number of aliphatic carboxylic acids is 1. The molecule has 5 heteroatoms. The van der Waals surface area contributed by atoms with E-state index in [0.717, 1.165) is 28.6 Å². The van der Waals surface area contributed by atoms with E-state index in [0.29, 0.717) is 17.7 Å². The van der Waals surface area contributed by atoms with Crippen LogP contribution in [0.5, 0.6) is 0 Å². The van der Waals surface area contributed by atoms with Gasteiger partial charge in [-0.2, -0.15) is 0 Å². The largest absolute Gasteiger partial charge is 0.480 e. The summed E-state index contributed by atoms with van der Waals surface area (Å²) in [4.78, 5) is 31.3. The van der Waals surface area contributed by atoms with Crippen LogP contribution in [0, 0.1) is 5.41 Å². The lowest BCUT2D eigenvalue weighted by atomic mass is 9.79. The molecule has 0 spiro atoms. The number of carbonyl (C=O) groups excluding carboxylic acids is 1. The van der Waals surface area contributed by atoms with E-state index in [2.05, 4.69) is 13.8 Å². The molecule has 25 heavy (non-hydrogen) atoms. The molecule has 0 bridgehead atoms. The lowest BCUT2D eigenvalue weighted by molar-refractivity contribution is -0.141. The summed E-state index contributed by atoms with van der Waals surface area (Å²) in [6, 6.07) is 6.71. The smallest absolute Gasteiger partial charge is 0.326 e. The summed E-state index contributed by atoms with van der Waals surface area (Å²) in [6.07, 6.45) is 3.12. The second kappa shape index (κ2) is 5.15. The van der Waals surface area contributed by atoms with Gasteiger partial charge in [0.15, 0.2) is 0 Å². The van der Waals surface area contributed by atoms with Gasteiger partial charge in [-0.15, -0.1) is 0 Å². The first-order valence-corrected chi connectivity index (χ1v) is 8.55. The predicted molar refractivity (Wildman–Crippen MR) is 95.1 cm³/mol. The number of amides is 1. The first kappa shape index (κ1) is 15.8. The standard InChI is InChI=1S/C20H20N2O3/c1-4-14(19(24)25)22-15-10-20(2,3)9-13-17(15)16(18(22)23)11-7-5-6-8-12(11)21-13/h5-8,10,14H,4,9H2,1-3H3,(H,24,25). The predicted octanol–water partition coefficient (Wildman–Crippen LogP) is 3.48. The second-order valence-corrected chi connectivity index (χ2v) is 7.46. The van der Waals surface area contributed by atoms with Gasteiger partial charge < -0.3 is 5.11 Å². The average molecular weight is 336 g/mol. The number of hydrogen-bond acceptors (Lipinski definition) is 3. The summed E-state index contributed by atoms with van der Waals surface area (Å²) < 4.78 is 0. The second-order valence-electron chi connectivity index (χ2n) is 7.46. The van der Waals surface area contributed by atoms with Crippen molar-refractivity contribution in [1.29, 1.82) is 0 Å². The maximum absolute atomic E-state index is 13.3. The van der Waals surface area contributed by atoms with Gasteiger partial charge in [0.05, 0.1) is 22.5 Å². The third-order valence-corrected chi connectivity index (χ3v) is 5.05. The van der Waals surface area contributed by atoms with Gasteiger partial charge in [0, 0.05) is 10.9 Å². The summed E-state index contributed by atoms with van der Waals surface area (Å²) in [5, 5.41) is 10.4. The monoisotopic (exact) mass is 336 g/mol. The zero-order valence-electron chi connectivity index (χ0n) is 14.5. The highest BCUT2D eigenvalue weighted by Gasteiger charge is 2.45. The quantitative estimate of drug-likeness (QED) is 0.931. The van der Waals surface area contributed by atoms with Crippen LogP contribution in [0.15, 0.2) is 30.3 Å². The molecule has 0 radical (unpaired) electrons. The minimum atomic E-state index is -0.980. The Morgan fingerprint density at radius 2 is 2.04 bits per heavy atom. The number of carboxylic acids is 1. The van der Waals surface area contributed by atoms with Crippen LogP contribution in [0.2, 0.25) is 0 Å². The van der Waals surface area contributed by atoms with Crippen LogP contribution in [0.3, 0.4) is 0 Å². The molecule has 1 aromatic carbocycles. The summed E-state index contributed by atoms with van der Waals surface area (Å²) in [6.45, 7) is 5.96. The maximum Gasteiger partial charge on any atom is 0.326 e. The Kier molecular flexibility index (Phi) is 3.26. The van der Waals surface area contributed by atoms with E-state index in [1.807, 2.05) is 30.3 Å². The highest BCUT2D eigenvalue weighted by atomic mass is 16.4. The van der Waals surface area contributed by atoms with Crippen LogP contribution in [0.1, 0.15) is 48.8 Å². The number of carboxylic acid groups (broad SMARTS) is 1. The minimum Gasteiger partial charge on any atom is -0.480 e. The molecule has 5 nitrogen and oxygen atoms in total. The normalized spacial score (nSPS) is 18.9. The highest BCUT2D eigenvalue weighted by molar-refractivity contribution is 6.18. The van der Waals surface area contributed by atoms with Crippen molar-refractivity contribution < 1.29 is 14.7 Å². The Morgan fingerprint density at radius 3 is 2.72 bits per heavy atom. The Morgan fingerprint density at radius 1 is 1.32 bits per heavy atom. The minimum absolute atomic E-state index is 0.186. The van der Waals surface area contributed by atoms with E-state index in [1.165, 1.54) is 4.90 Å². The SMILES string of the molecule is CCC(C(=O)O)N1C(=O)c2c3c(nc4ccccc24)CC(C)(C)C=C31. The summed E-state index contributed by atoms with van der Waals surface area (Å²) in [5.41, 5.74) is 3.61. The van der Waals surface area contributed by atoms with Crippen molar-refractivity contribution in [2.24, 2.45) is 5.41 Å². The van der Waals surface area contributed by atoms with Gasteiger partial charge in [-0.1, -0.05) is 45.0 Å². The van der Waals surface area contributed by atoms with Gasteiger partial charge in [0.25, 0.3) is 5.91 Å². The molecule has 0 saturated carbocycles. The molecule has 128 valence electrons. The summed E-state index contributed by atoms with van der Waals surface area (Å²) >= 11 is 0. The maximum atomic E-state index is 13.3. The molecule has 1 aliphatic carbocycles. The Bertz CT molecular complexity index is 959. The fourth-order valence-electron chi connectivity index (χ4n) is 4.01. The van der Waals surface area contributed by atoms with E-state index in [-0.39, 0.29) is 11.3 Å². The van der Waals surface area contributed by atoms with Gasteiger partial charge >= 0.3 is 5.97 Å². The Balaban J connectivity index is 2.06. The molecule has 1 amide bonds. The number of benzene rings is 1. The number of pyridine rings is 1. The van der Waals surface area contributed by atoms with Gasteiger partial charge in [-0.25, -0.2) is 4.79 Å². The van der Waals surface area contributed by atoms with Crippen LogP contribution in [-0.4, -0.2) is 32.9 Å². The van der Waals surface area contributed by atoms with Crippen molar-refractivity contribution in [3.8, 4) is 0 Å². The Hall–Kier alpha value is -2.69. The number of aromatic nitrogens is 1. The highest BCUT2D eigenvalue weighted by Crippen LogP contribution is 2.46. The van der Waals surface area contributed by atoms with E-state index >= 15 is 0 Å². The molecule has 1 unspecified atom stereocenters. The third kappa shape index (κ3) is 2.18. The van der Waals surface area contributed by atoms with E-state index < -0.39 is 12.0 Å². The lowest BCUT2D eigenvalue weighted by Gasteiger charge is -2.32. The van der Waals surface area contributed by atoms with Crippen molar-refractivity contribution in [1.82, 2.24) is 9.88 Å². The van der Waals surface area contributed by atoms with E-state index in [1.54, 1.807) is 6.92 Å². The topological polar surface area (TPSA) is 70.5 Å². The molecule has 1 atom stereocenters. The zero-order valence-corrected chi connectivity index (χ0v) is 14.5. The average Bonchev–Trinajstić information content (AvgIpc) is 2.81. The van der Waals surface area contributed by atoms with Crippen LogP contribution in [0.25, 0.3) is 16.6 Å². The molecule has 2 heterocycles. The number of hydrogen-bond donors (Lipinski definition) is 1. The lowest BCUT2D eigenvalue weighted by Crippen LogP contribution is -2.41. The van der Waals surface area contributed by atoms with Crippen LogP contribution >= 0.6 is 0 Å². The van der Waals surface area contributed by atoms with Crippen molar-refractivity contribution in [3.05, 3.63) is 47.2 Å². The third-order valence-electron chi connectivity index (χ3n) is 5.05. The number of nitrogens with zero attached hydrogens (tertiary/aromatic N) is 2. The molecule has 2 aliphatic rings. The molecule has 1 aromatic heterocycles. The number of allylic oxidation sites excluding steroid dienone is 1. The number of para-hydroxylation sites is 1. The molecule has 0 fully saturated rings. The van der Waals surface area contributed by atoms with E-state index in [9.17, 15) is 14.7 Å². The van der Waals surface area contributed by atoms with Gasteiger partial charge in [0.1, 0.15) is 6.04 Å². The molecule has 1 N–H and O–H groups in total. The molecule has 4 rings (SSSR count). The molecule has 0 saturated heterocycles. The molecular formula is C20H20N2O3. The van der Waals surface area contributed by atoms with Crippen LogP contribution in [0.4, 0.5) is 0 Å². The van der Waals surface area contributed by atoms with E-state index in [4.69, 9.17) is 4.98 Å². The molecule has 1 aliphatic heterocycles. The van der Waals surface area contributed by atoms with Crippen molar-refractivity contribution in [3.63, 3.8) is 0 Å². The first-order valence-electron chi connectivity index (χ1n) is 8.55. The fraction of sp³-hybridized carbons (Fsp3) is 0.350. The van der Waals surface area contributed by atoms with Crippen LogP contribution < -0.4 is 0 Å². The Labute approximate surface area is 146 Å². The summed E-state index contributed by atoms with van der Waals surface area (Å²) in [7, 11) is 0. The molecular weight excluding hydrogens is 316 g/mol. The number of rotatable bonds is 3. The molecule has 2 aromatic rings. The van der Waals surface area contributed by atoms with Gasteiger partial charge in [-0.05, 0) is 24.3 Å². The van der Waals surface area contributed by atoms with Crippen molar-refractivity contribution in [2.75, 3.05) is 0 Å². The van der Waals surface area contributed by atoms with Crippen molar-refractivity contribution in [2.45, 2.75) is 39.7 Å². The summed E-state index contributed by atoms with van der Waals surface area (Å²) in [5.74, 6) is -1.21.